The van der Waals surface area contributed by atoms with Gasteiger partial charge in [-0.3, -0.25) is 4.79 Å². The van der Waals surface area contributed by atoms with Crippen molar-refractivity contribution in [1.82, 2.24) is 19.9 Å². The molecule has 0 aromatic carbocycles. The van der Waals surface area contributed by atoms with Crippen molar-refractivity contribution in [3.63, 3.8) is 0 Å². The first kappa shape index (κ1) is 8.84. The Morgan fingerprint density at radius 3 is 3.00 bits per heavy atom. The van der Waals surface area contributed by atoms with Crippen molar-refractivity contribution < 1.29 is 0 Å². The fourth-order valence-corrected chi connectivity index (χ4v) is 1.57. The van der Waals surface area contributed by atoms with Crippen molar-refractivity contribution in [2.75, 3.05) is 0 Å². The highest BCUT2D eigenvalue weighted by molar-refractivity contribution is 5.75. The molecule has 5 heteroatoms. The molecular weight excluding hydrogens is 204 g/mol. The highest BCUT2D eigenvalue weighted by Gasteiger charge is 2.07. The van der Waals surface area contributed by atoms with Gasteiger partial charge in [0, 0.05) is 24.7 Å². The fraction of sp³-hybridized carbons (Fsp3) is 0. The van der Waals surface area contributed by atoms with Crippen LogP contribution in [0, 0.1) is 0 Å². The summed E-state index contributed by atoms with van der Waals surface area (Å²) in [5.74, 6) is 0.538. The first-order chi connectivity index (χ1) is 7.84. The molecule has 0 saturated heterocycles. The van der Waals surface area contributed by atoms with Gasteiger partial charge in [-0.15, -0.1) is 0 Å². The SMILES string of the molecule is O=c1cc[nH]cc1-c1nc2ncccc2[nH]1. The van der Waals surface area contributed by atoms with Gasteiger partial charge in [0.25, 0.3) is 0 Å². The molecule has 0 atom stereocenters. The van der Waals surface area contributed by atoms with Gasteiger partial charge in [-0.2, -0.15) is 0 Å². The number of nitrogens with one attached hydrogen (secondary N) is 2. The maximum absolute atomic E-state index is 11.6. The molecule has 0 aliphatic rings. The summed E-state index contributed by atoms with van der Waals surface area (Å²) in [4.78, 5) is 25.9. The minimum atomic E-state index is -0.0715. The third-order valence-electron chi connectivity index (χ3n) is 2.34. The van der Waals surface area contributed by atoms with Gasteiger partial charge in [-0.1, -0.05) is 0 Å². The number of aromatic nitrogens is 4. The van der Waals surface area contributed by atoms with E-state index in [1.54, 1.807) is 18.6 Å². The quantitative estimate of drug-likeness (QED) is 0.638. The van der Waals surface area contributed by atoms with Gasteiger partial charge in [0.2, 0.25) is 0 Å². The van der Waals surface area contributed by atoms with E-state index in [2.05, 4.69) is 19.9 Å². The van der Waals surface area contributed by atoms with E-state index in [1.165, 1.54) is 6.07 Å². The van der Waals surface area contributed by atoms with Crippen LogP contribution in [0.1, 0.15) is 0 Å². The summed E-state index contributed by atoms with van der Waals surface area (Å²) >= 11 is 0. The highest BCUT2D eigenvalue weighted by Crippen LogP contribution is 2.14. The van der Waals surface area contributed by atoms with Crippen LogP contribution in [0.5, 0.6) is 0 Å². The number of pyridine rings is 2. The molecule has 0 spiro atoms. The molecule has 2 N–H and O–H groups in total. The lowest BCUT2D eigenvalue weighted by molar-refractivity contribution is 1.24. The Labute approximate surface area is 90.2 Å². The Balaban J connectivity index is 2.27. The summed E-state index contributed by atoms with van der Waals surface area (Å²) in [6.07, 6.45) is 4.88. The molecule has 3 heterocycles. The molecule has 0 radical (unpaired) electrons. The maximum Gasteiger partial charge on any atom is 0.192 e. The predicted molar refractivity (Wildman–Crippen MR) is 59.9 cm³/mol. The molecule has 0 aliphatic carbocycles. The molecule has 0 bridgehead atoms. The van der Waals surface area contributed by atoms with Gasteiger partial charge in [0.05, 0.1) is 11.1 Å². The summed E-state index contributed by atoms with van der Waals surface area (Å²) in [7, 11) is 0. The molecule has 0 fully saturated rings. The van der Waals surface area contributed by atoms with Crippen molar-refractivity contribution in [3.05, 3.63) is 47.0 Å². The number of rotatable bonds is 1. The van der Waals surface area contributed by atoms with Crippen LogP contribution in [0.4, 0.5) is 0 Å². The fourth-order valence-electron chi connectivity index (χ4n) is 1.57. The lowest BCUT2D eigenvalue weighted by atomic mass is 10.2. The summed E-state index contributed by atoms with van der Waals surface area (Å²) in [6.45, 7) is 0. The van der Waals surface area contributed by atoms with E-state index in [0.717, 1.165) is 5.52 Å². The topological polar surface area (TPSA) is 74.4 Å². The first-order valence-corrected chi connectivity index (χ1v) is 4.83. The summed E-state index contributed by atoms with van der Waals surface area (Å²) < 4.78 is 0. The minimum Gasteiger partial charge on any atom is -0.367 e. The molecule has 16 heavy (non-hydrogen) atoms. The average molecular weight is 212 g/mol. The van der Waals surface area contributed by atoms with Crippen LogP contribution in [0.15, 0.2) is 41.6 Å². The normalized spacial score (nSPS) is 10.8. The van der Waals surface area contributed by atoms with Crippen LogP contribution in [0.25, 0.3) is 22.6 Å². The lowest BCUT2D eigenvalue weighted by Crippen LogP contribution is -2.03. The van der Waals surface area contributed by atoms with Gasteiger partial charge in [-0.05, 0) is 12.1 Å². The monoisotopic (exact) mass is 212 g/mol. The third kappa shape index (κ3) is 1.30. The van der Waals surface area contributed by atoms with Gasteiger partial charge in [0.1, 0.15) is 5.82 Å². The van der Waals surface area contributed by atoms with Crippen molar-refractivity contribution >= 4 is 11.2 Å². The first-order valence-electron chi connectivity index (χ1n) is 4.83. The zero-order valence-electron chi connectivity index (χ0n) is 8.27. The molecule has 78 valence electrons. The van der Waals surface area contributed by atoms with E-state index in [-0.39, 0.29) is 5.43 Å². The van der Waals surface area contributed by atoms with Gasteiger partial charge in [0.15, 0.2) is 11.1 Å². The van der Waals surface area contributed by atoms with E-state index >= 15 is 0 Å². The predicted octanol–water partition coefficient (Wildman–Crippen LogP) is 1.31. The summed E-state index contributed by atoms with van der Waals surface area (Å²) in [5, 5.41) is 0. The Bertz CT molecular complexity index is 665. The van der Waals surface area contributed by atoms with Crippen LogP contribution in [0.3, 0.4) is 0 Å². The van der Waals surface area contributed by atoms with Crippen molar-refractivity contribution in [1.29, 1.82) is 0 Å². The molecule has 0 aliphatic heterocycles. The van der Waals surface area contributed by atoms with E-state index < -0.39 is 0 Å². The number of hydrogen-bond donors (Lipinski definition) is 2. The smallest absolute Gasteiger partial charge is 0.192 e. The molecule has 3 aromatic heterocycles. The third-order valence-corrected chi connectivity index (χ3v) is 2.34. The van der Waals surface area contributed by atoms with Crippen LogP contribution in [0.2, 0.25) is 0 Å². The maximum atomic E-state index is 11.6. The van der Waals surface area contributed by atoms with Gasteiger partial charge >= 0.3 is 0 Å². The number of fused-ring (bicyclic) bond motifs is 1. The number of imidazole rings is 1. The molecule has 5 nitrogen and oxygen atoms in total. The average Bonchev–Trinajstić information content (AvgIpc) is 2.73. The second-order valence-corrected chi connectivity index (χ2v) is 3.38. The van der Waals surface area contributed by atoms with E-state index in [0.29, 0.717) is 17.0 Å². The molecule has 0 saturated carbocycles. The lowest BCUT2D eigenvalue weighted by Gasteiger charge is -1.92. The molecule has 0 unspecified atom stereocenters. The Morgan fingerprint density at radius 1 is 1.25 bits per heavy atom. The molecular formula is C11H8N4O. The highest BCUT2D eigenvalue weighted by atomic mass is 16.1. The van der Waals surface area contributed by atoms with E-state index in [1.807, 2.05) is 12.1 Å². The summed E-state index contributed by atoms with van der Waals surface area (Å²) in [6, 6.07) is 5.16. The van der Waals surface area contributed by atoms with Crippen molar-refractivity contribution in [2.45, 2.75) is 0 Å². The van der Waals surface area contributed by atoms with Crippen molar-refractivity contribution in [2.24, 2.45) is 0 Å². The van der Waals surface area contributed by atoms with Crippen LogP contribution >= 0.6 is 0 Å². The Kier molecular flexibility index (Phi) is 1.83. The zero-order valence-corrected chi connectivity index (χ0v) is 8.27. The molecule has 3 aromatic rings. The van der Waals surface area contributed by atoms with E-state index in [9.17, 15) is 4.79 Å². The zero-order chi connectivity index (χ0) is 11.0. The number of H-pyrrole nitrogens is 2. The van der Waals surface area contributed by atoms with Crippen LogP contribution in [-0.2, 0) is 0 Å². The Morgan fingerprint density at radius 2 is 2.19 bits per heavy atom. The standard InChI is InChI=1S/C11H8N4O/c16-9-3-5-12-6-7(9)10-14-8-2-1-4-13-11(8)15-10/h1-6H,(H,12,16)(H,13,14,15). The second kappa shape index (κ2) is 3.30. The minimum absolute atomic E-state index is 0.0715. The second-order valence-electron chi connectivity index (χ2n) is 3.38. The molecule has 0 amide bonds. The van der Waals surface area contributed by atoms with E-state index in [4.69, 9.17) is 0 Å². The summed E-state index contributed by atoms with van der Waals surface area (Å²) in [5.41, 5.74) is 1.87. The van der Waals surface area contributed by atoms with Gasteiger partial charge < -0.3 is 9.97 Å². The molecule has 3 rings (SSSR count). The number of nitrogens with zero attached hydrogens (tertiary/aromatic N) is 2. The Hall–Kier alpha value is -2.43. The number of aromatic amines is 2. The van der Waals surface area contributed by atoms with Crippen molar-refractivity contribution in [3.8, 4) is 11.4 Å². The van der Waals surface area contributed by atoms with Crippen LogP contribution in [-0.4, -0.2) is 19.9 Å². The number of hydrogen-bond acceptors (Lipinski definition) is 3. The largest absolute Gasteiger partial charge is 0.367 e. The van der Waals surface area contributed by atoms with Crippen LogP contribution < -0.4 is 5.43 Å². The van der Waals surface area contributed by atoms with Gasteiger partial charge in [-0.25, -0.2) is 9.97 Å².